The molecule has 1 heterocycles. The summed E-state index contributed by atoms with van der Waals surface area (Å²) in [5.41, 5.74) is 1.06. The fourth-order valence-corrected chi connectivity index (χ4v) is 3.79. The first-order valence-corrected chi connectivity index (χ1v) is 9.01. The monoisotopic (exact) mass is 402 g/mol. The number of allylic oxidation sites excluding steroid dienone is 2. The van der Waals surface area contributed by atoms with Crippen LogP contribution in [0.4, 0.5) is 11.4 Å². The number of rotatable bonds is 4. The number of halogens is 1. The van der Waals surface area contributed by atoms with Gasteiger partial charge in [0.15, 0.2) is 4.32 Å². The number of nitro groups is 1. The molecule has 8 heteroatoms. The lowest BCUT2D eigenvalue weighted by molar-refractivity contribution is -0.385. The highest BCUT2D eigenvalue weighted by molar-refractivity contribution is 8.27. The van der Waals surface area contributed by atoms with Crippen molar-refractivity contribution in [3.8, 4) is 0 Å². The van der Waals surface area contributed by atoms with E-state index in [1.54, 1.807) is 60.7 Å². The molecule has 1 fully saturated rings. The Kier molecular flexibility index (Phi) is 5.51. The molecule has 1 amide bonds. The van der Waals surface area contributed by atoms with Gasteiger partial charge in [0.05, 0.1) is 21.1 Å². The van der Waals surface area contributed by atoms with Crippen LogP contribution in [0.5, 0.6) is 0 Å². The number of carbonyl (C=O) groups excluding carboxylic acids is 1. The zero-order valence-electron chi connectivity index (χ0n) is 13.2. The Hall–Kier alpha value is -2.48. The topological polar surface area (TPSA) is 63.4 Å². The second-order valence-electron chi connectivity index (χ2n) is 5.19. The molecule has 0 atom stereocenters. The number of thiocarbonyl (C=S) groups is 1. The zero-order valence-corrected chi connectivity index (χ0v) is 15.6. The lowest BCUT2D eigenvalue weighted by atomic mass is 10.1. The molecule has 26 heavy (non-hydrogen) atoms. The molecule has 3 rings (SSSR count). The first kappa shape index (κ1) is 18.3. The van der Waals surface area contributed by atoms with Gasteiger partial charge in [0.2, 0.25) is 0 Å². The minimum absolute atomic E-state index is 0.00336. The Bertz CT molecular complexity index is 972. The number of thioether (sulfide) groups is 1. The summed E-state index contributed by atoms with van der Waals surface area (Å²) in [5.74, 6) is -0.255. The molecule has 130 valence electrons. The summed E-state index contributed by atoms with van der Waals surface area (Å²) < 4.78 is 0.405. The lowest BCUT2D eigenvalue weighted by Gasteiger charge is -2.14. The van der Waals surface area contributed by atoms with Crippen molar-refractivity contribution in [2.75, 3.05) is 4.90 Å². The Morgan fingerprint density at radius 2 is 1.96 bits per heavy atom. The van der Waals surface area contributed by atoms with Crippen molar-refractivity contribution >= 4 is 63.3 Å². The summed E-state index contributed by atoms with van der Waals surface area (Å²) in [6.07, 6.45) is 4.79. The van der Waals surface area contributed by atoms with Gasteiger partial charge in [-0.3, -0.25) is 19.8 Å². The average Bonchev–Trinajstić information content (AvgIpc) is 2.89. The van der Waals surface area contributed by atoms with Gasteiger partial charge >= 0.3 is 0 Å². The highest BCUT2D eigenvalue weighted by Gasteiger charge is 2.32. The summed E-state index contributed by atoms with van der Waals surface area (Å²) in [6.45, 7) is 0. The Morgan fingerprint density at radius 1 is 1.19 bits per heavy atom. The van der Waals surface area contributed by atoms with Gasteiger partial charge in [-0.15, -0.1) is 0 Å². The third-order valence-electron chi connectivity index (χ3n) is 3.52. The molecule has 1 saturated heterocycles. The normalized spacial score (nSPS) is 16.0. The van der Waals surface area contributed by atoms with Crippen LogP contribution < -0.4 is 4.90 Å². The van der Waals surface area contributed by atoms with Crippen LogP contribution in [0, 0.1) is 10.1 Å². The van der Waals surface area contributed by atoms with Crippen molar-refractivity contribution in [2.24, 2.45) is 0 Å². The van der Waals surface area contributed by atoms with Crippen molar-refractivity contribution < 1.29 is 9.72 Å². The number of para-hydroxylation sites is 1. The zero-order chi connectivity index (χ0) is 18.7. The van der Waals surface area contributed by atoms with E-state index in [2.05, 4.69) is 0 Å². The third-order valence-corrected chi connectivity index (χ3v) is 5.07. The van der Waals surface area contributed by atoms with E-state index in [1.807, 2.05) is 0 Å². The minimum Gasteiger partial charge on any atom is -0.268 e. The van der Waals surface area contributed by atoms with E-state index in [-0.39, 0.29) is 11.6 Å². The number of benzene rings is 2. The van der Waals surface area contributed by atoms with E-state index in [0.717, 1.165) is 0 Å². The number of hydrogen-bond donors (Lipinski definition) is 0. The first-order chi connectivity index (χ1) is 12.5. The van der Waals surface area contributed by atoms with Gasteiger partial charge in [0.25, 0.3) is 11.6 Å². The van der Waals surface area contributed by atoms with Gasteiger partial charge in [0, 0.05) is 11.1 Å². The summed E-state index contributed by atoms with van der Waals surface area (Å²) in [7, 11) is 0. The second-order valence-corrected chi connectivity index (χ2v) is 7.31. The van der Waals surface area contributed by atoms with Crippen LogP contribution >= 0.6 is 35.6 Å². The van der Waals surface area contributed by atoms with Crippen LogP contribution in [0.2, 0.25) is 5.02 Å². The molecule has 0 bridgehead atoms. The number of carbonyl (C=O) groups is 1. The molecule has 0 spiro atoms. The predicted octanol–water partition coefficient (Wildman–Crippen LogP) is 5.21. The lowest BCUT2D eigenvalue weighted by Crippen LogP contribution is -2.27. The molecule has 0 unspecified atom stereocenters. The van der Waals surface area contributed by atoms with Crippen LogP contribution in [0.25, 0.3) is 6.08 Å². The van der Waals surface area contributed by atoms with Gasteiger partial charge in [0.1, 0.15) is 0 Å². The van der Waals surface area contributed by atoms with Crippen molar-refractivity contribution in [2.45, 2.75) is 0 Å². The maximum absolute atomic E-state index is 12.6. The molecule has 0 N–H and O–H groups in total. The van der Waals surface area contributed by atoms with Crippen molar-refractivity contribution in [3.05, 3.63) is 86.3 Å². The molecule has 0 aromatic heterocycles. The fourth-order valence-electron chi connectivity index (χ4n) is 2.35. The Balaban J connectivity index is 1.84. The summed E-state index contributed by atoms with van der Waals surface area (Å²) in [5, 5.41) is 11.5. The van der Waals surface area contributed by atoms with Crippen LogP contribution in [-0.4, -0.2) is 15.2 Å². The molecule has 2 aromatic carbocycles. The molecule has 0 radical (unpaired) electrons. The third kappa shape index (κ3) is 3.85. The number of hydrogen-bond acceptors (Lipinski definition) is 5. The molecule has 1 aliphatic heterocycles. The van der Waals surface area contributed by atoms with Gasteiger partial charge in [-0.25, -0.2) is 0 Å². The average molecular weight is 403 g/mol. The smallest absolute Gasteiger partial charge is 0.268 e. The predicted molar refractivity (Wildman–Crippen MR) is 109 cm³/mol. The second kappa shape index (κ2) is 7.82. The molecule has 0 saturated carbocycles. The van der Waals surface area contributed by atoms with Crippen molar-refractivity contribution in [1.29, 1.82) is 0 Å². The minimum atomic E-state index is -0.446. The summed E-state index contributed by atoms with van der Waals surface area (Å²) in [6, 6.07) is 13.3. The van der Waals surface area contributed by atoms with E-state index in [4.69, 9.17) is 23.8 Å². The molecule has 0 aliphatic carbocycles. The van der Waals surface area contributed by atoms with E-state index in [9.17, 15) is 14.9 Å². The van der Waals surface area contributed by atoms with Crippen LogP contribution in [0.1, 0.15) is 5.56 Å². The molecular formula is C18H11ClN2O3S2. The van der Waals surface area contributed by atoms with E-state index in [1.165, 1.54) is 22.7 Å². The van der Waals surface area contributed by atoms with Gasteiger partial charge in [-0.05, 0) is 36.4 Å². The number of anilines is 1. The molecular weight excluding hydrogens is 392 g/mol. The maximum Gasteiger partial charge on any atom is 0.276 e. The summed E-state index contributed by atoms with van der Waals surface area (Å²) >= 11 is 12.4. The number of amides is 1. The van der Waals surface area contributed by atoms with Crippen molar-refractivity contribution in [3.63, 3.8) is 0 Å². The molecule has 2 aromatic rings. The fraction of sp³-hybridized carbons (Fsp3) is 0. The van der Waals surface area contributed by atoms with E-state index < -0.39 is 4.92 Å². The van der Waals surface area contributed by atoms with E-state index in [0.29, 0.717) is 25.5 Å². The van der Waals surface area contributed by atoms with Crippen LogP contribution in [0.15, 0.2) is 65.6 Å². The Labute approximate surface area is 164 Å². The van der Waals surface area contributed by atoms with Crippen LogP contribution in [-0.2, 0) is 4.79 Å². The number of nitrogens with zero attached hydrogens (tertiary/aromatic N) is 2. The van der Waals surface area contributed by atoms with Crippen LogP contribution in [0.3, 0.4) is 0 Å². The largest absolute Gasteiger partial charge is 0.276 e. The SMILES string of the molecule is O=C1/C(=C\C=C\c2ccccc2[N+](=O)[O-])SC(=S)N1c1cccc(Cl)c1. The number of nitro benzene ring substituents is 1. The maximum atomic E-state index is 12.6. The van der Waals surface area contributed by atoms with Crippen molar-refractivity contribution in [1.82, 2.24) is 0 Å². The quantitative estimate of drug-likeness (QED) is 0.304. The Morgan fingerprint density at radius 3 is 2.69 bits per heavy atom. The highest BCUT2D eigenvalue weighted by atomic mass is 35.5. The van der Waals surface area contributed by atoms with Gasteiger partial charge in [-0.1, -0.05) is 59.9 Å². The summed E-state index contributed by atoms with van der Waals surface area (Å²) in [4.78, 5) is 25.0. The van der Waals surface area contributed by atoms with Gasteiger partial charge in [-0.2, -0.15) is 0 Å². The van der Waals surface area contributed by atoms with Gasteiger partial charge < -0.3 is 0 Å². The first-order valence-electron chi connectivity index (χ1n) is 7.41. The highest BCUT2D eigenvalue weighted by Crippen LogP contribution is 2.35. The molecule has 5 nitrogen and oxygen atoms in total. The van der Waals surface area contributed by atoms with E-state index >= 15 is 0 Å². The molecule has 1 aliphatic rings. The standard InChI is InChI=1S/C18H11ClN2O3S2/c19-13-7-4-8-14(11-13)20-17(22)16(26-18(20)25)10-3-6-12-5-1-2-9-15(12)21(23)24/h1-11H/b6-3+,16-10+.